The van der Waals surface area contributed by atoms with Gasteiger partial charge >= 0.3 is 0 Å². The van der Waals surface area contributed by atoms with Gasteiger partial charge < -0.3 is 21.1 Å². The third-order valence-electron chi connectivity index (χ3n) is 3.45. The molecule has 0 aromatic heterocycles. The summed E-state index contributed by atoms with van der Waals surface area (Å²) < 4.78 is 13.0. The quantitative estimate of drug-likeness (QED) is 0.547. The van der Waals surface area contributed by atoms with E-state index in [4.69, 9.17) is 0 Å². The fourth-order valence-electron chi connectivity index (χ4n) is 2.27. The minimum absolute atomic E-state index is 0.145. The van der Waals surface area contributed by atoms with Crippen LogP contribution >= 0.6 is 0 Å². The Labute approximate surface area is 128 Å². The molecule has 1 aliphatic heterocycles. The SMILES string of the molecule is O=C(NCCCNC(=O)C1CC(O)CN1)c1cccc(F)c1. The number of aliphatic hydroxyl groups excluding tert-OH is 1. The Balaban J connectivity index is 1.61. The van der Waals surface area contributed by atoms with E-state index in [1.807, 2.05) is 0 Å². The first-order valence-corrected chi connectivity index (χ1v) is 7.29. The van der Waals surface area contributed by atoms with Crippen molar-refractivity contribution in [3.05, 3.63) is 35.6 Å². The third-order valence-corrected chi connectivity index (χ3v) is 3.45. The Hall–Kier alpha value is -1.99. The molecule has 2 rings (SSSR count). The van der Waals surface area contributed by atoms with Gasteiger partial charge in [-0.3, -0.25) is 9.59 Å². The van der Waals surface area contributed by atoms with Gasteiger partial charge in [0, 0.05) is 25.2 Å². The van der Waals surface area contributed by atoms with Gasteiger partial charge in [0.2, 0.25) is 5.91 Å². The van der Waals surface area contributed by atoms with E-state index in [2.05, 4.69) is 16.0 Å². The summed E-state index contributed by atoms with van der Waals surface area (Å²) in [5, 5.41) is 17.7. The minimum atomic E-state index is -0.471. The zero-order valence-electron chi connectivity index (χ0n) is 12.1. The molecule has 2 atom stereocenters. The first-order chi connectivity index (χ1) is 10.6. The molecule has 1 aromatic carbocycles. The molecular formula is C15H20FN3O3. The highest BCUT2D eigenvalue weighted by Crippen LogP contribution is 2.06. The van der Waals surface area contributed by atoms with E-state index in [0.29, 0.717) is 32.5 Å². The van der Waals surface area contributed by atoms with Crippen molar-refractivity contribution in [3.8, 4) is 0 Å². The number of benzene rings is 1. The first kappa shape index (κ1) is 16.4. The van der Waals surface area contributed by atoms with Crippen LogP contribution in [-0.4, -0.2) is 48.7 Å². The summed E-state index contributed by atoms with van der Waals surface area (Å²) in [6.45, 7) is 1.24. The van der Waals surface area contributed by atoms with Crippen LogP contribution in [0.15, 0.2) is 24.3 Å². The van der Waals surface area contributed by atoms with Gasteiger partial charge in [-0.15, -0.1) is 0 Å². The van der Waals surface area contributed by atoms with Crippen LogP contribution in [0.1, 0.15) is 23.2 Å². The standard InChI is InChI=1S/C15H20FN3O3/c16-11-4-1-3-10(7-11)14(21)17-5-2-6-18-15(22)13-8-12(20)9-19-13/h1,3-4,7,12-13,19-20H,2,5-6,8-9H2,(H,17,21)(H,18,22). The Morgan fingerprint density at radius 1 is 1.32 bits per heavy atom. The fourth-order valence-corrected chi connectivity index (χ4v) is 2.27. The lowest BCUT2D eigenvalue weighted by atomic mass is 10.2. The summed E-state index contributed by atoms with van der Waals surface area (Å²) in [5.41, 5.74) is 0.271. The Morgan fingerprint density at radius 3 is 2.77 bits per heavy atom. The van der Waals surface area contributed by atoms with Gasteiger partial charge in [-0.1, -0.05) is 6.07 Å². The summed E-state index contributed by atoms with van der Waals surface area (Å²) >= 11 is 0. The zero-order chi connectivity index (χ0) is 15.9. The summed E-state index contributed by atoms with van der Waals surface area (Å²) in [5.74, 6) is -0.939. The molecule has 0 spiro atoms. The van der Waals surface area contributed by atoms with Gasteiger partial charge in [0.15, 0.2) is 0 Å². The van der Waals surface area contributed by atoms with Gasteiger partial charge in [0.1, 0.15) is 5.82 Å². The molecule has 1 saturated heterocycles. The lowest BCUT2D eigenvalue weighted by molar-refractivity contribution is -0.122. The van der Waals surface area contributed by atoms with Crippen LogP contribution in [0.4, 0.5) is 4.39 Å². The highest BCUT2D eigenvalue weighted by molar-refractivity contribution is 5.94. The monoisotopic (exact) mass is 309 g/mol. The molecule has 4 N–H and O–H groups in total. The lowest BCUT2D eigenvalue weighted by Gasteiger charge is -2.11. The van der Waals surface area contributed by atoms with Crippen LogP contribution in [0.2, 0.25) is 0 Å². The molecule has 6 nitrogen and oxygen atoms in total. The van der Waals surface area contributed by atoms with Crippen LogP contribution in [0, 0.1) is 5.82 Å². The minimum Gasteiger partial charge on any atom is -0.392 e. The van der Waals surface area contributed by atoms with E-state index >= 15 is 0 Å². The molecule has 1 fully saturated rings. The second kappa shape index (κ2) is 7.86. The normalized spacial score (nSPS) is 20.6. The molecule has 2 amide bonds. The molecule has 0 bridgehead atoms. The average Bonchev–Trinajstić information content (AvgIpc) is 2.93. The number of carbonyl (C=O) groups excluding carboxylic acids is 2. The topological polar surface area (TPSA) is 90.5 Å². The van der Waals surface area contributed by atoms with Crippen molar-refractivity contribution in [2.75, 3.05) is 19.6 Å². The molecule has 0 aliphatic carbocycles. The highest BCUT2D eigenvalue weighted by Gasteiger charge is 2.27. The van der Waals surface area contributed by atoms with Gasteiger partial charge in [-0.25, -0.2) is 4.39 Å². The highest BCUT2D eigenvalue weighted by atomic mass is 19.1. The molecule has 0 saturated carbocycles. The second-order valence-corrected chi connectivity index (χ2v) is 5.26. The second-order valence-electron chi connectivity index (χ2n) is 5.26. The molecule has 1 heterocycles. The van der Waals surface area contributed by atoms with Gasteiger partial charge in [0.05, 0.1) is 12.1 Å². The zero-order valence-corrected chi connectivity index (χ0v) is 12.1. The van der Waals surface area contributed by atoms with E-state index in [-0.39, 0.29) is 23.4 Å². The van der Waals surface area contributed by atoms with Crippen molar-refractivity contribution < 1.29 is 19.1 Å². The van der Waals surface area contributed by atoms with Crippen molar-refractivity contribution in [3.63, 3.8) is 0 Å². The van der Waals surface area contributed by atoms with E-state index in [1.165, 1.54) is 24.3 Å². The largest absolute Gasteiger partial charge is 0.392 e. The molecule has 1 aliphatic rings. The Bertz CT molecular complexity index is 539. The van der Waals surface area contributed by atoms with E-state index in [0.717, 1.165) is 0 Å². The summed E-state index contributed by atoms with van der Waals surface area (Å²) in [6, 6.07) is 5.12. The van der Waals surface area contributed by atoms with Gasteiger partial charge in [-0.2, -0.15) is 0 Å². The molecule has 120 valence electrons. The number of hydrogen-bond acceptors (Lipinski definition) is 4. The van der Waals surface area contributed by atoms with Crippen molar-refractivity contribution in [2.24, 2.45) is 0 Å². The fraction of sp³-hybridized carbons (Fsp3) is 0.467. The number of aliphatic hydroxyl groups is 1. The maximum Gasteiger partial charge on any atom is 0.251 e. The lowest BCUT2D eigenvalue weighted by Crippen LogP contribution is -2.41. The number of carbonyl (C=O) groups is 2. The molecule has 22 heavy (non-hydrogen) atoms. The van der Waals surface area contributed by atoms with Crippen molar-refractivity contribution in [2.45, 2.75) is 25.0 Å². The Morgan fingerprint density at radius 2 is 2.09 bits per heavy atom. The average molecular weight is 309 g/mol. The maximum absolute atomic E-state index is 13.0. The molecular weight excluding hydrogens is 289 g/mol. The molecule has 2 unspecified atom stereocenters. The summed E-state index contributed by atoms with van der Waals surface area (Å²) in [6.07, 6.45) is 0.519. The van der Waals surface area contributed by atoms with Crippen LogP contribution < -0.4 is 16.0 Å². The van der Waals surface area contributed by atoms with E-state index < -0.39 is 11.9 Å². The van der Waals surface area contributed by atoms with Crippen molar-refractivity contribution >= 4 is 11.8 Å². The number of nitrogens with one attached hydrogen (secondary N) is 3. The predicted molar refractivity (Wildman–Crippen MR) is 78.8 cm³/mol. The number of rotatable bonds is 6. The summed E-state index contributed by atoms with van der Waals surface area (Å²) in [7, 11) is 0. The van der Waals surface area contributed by atoms with Crippen LogP contribution in [0.3, 0.4) is 0 Å². The smallest absolute Gasteiger partial charge is 0.251 e. The van der Waals surface area contributed by atoms with Crippen LogP contribution in [0.5, 0.6) is 0 Å². The first-order valence-electron chi connectivity index (χ1n) is 7.29. The number of hydrogen-bond donors (Lipinski definition) is 4. The number of amides is 2. The van der Waals surface area contributed by atoms with Crippen LogP contribution in [0.25, 0.3) is 0 Å². The number of β-amino-alcohol motifs (C(OH)–C–C–N with tert-alkyl or cyclic N) is 1. The predicted octanol–water partition coefficient (Wildman–Crippen LogP) is -0.215. The van der Waals surface area contributed by atoms with Gasteiger partial charge in [-0.05, 0) is 31.0 Å². The molecule has 0 radical (unpaired) electrons. The number of halogens is 1. The van der Waals surface area contributed by atoms with E-state index in [1.54, 1.807) is 0 Å². The van der Waals surface area contributed by atoms with Crippen LogP contribution in [-0.2, 0) is 4.79 Å². The van der Waals surface area contributed by atoms with Crippen molar-refractivity contribution in [1.82, 2.24) is 16.0 Å². The molecule has 1 aromatic rings. The van der Waals surface area contributed by atoms with Crippen molar-refractivity contribution in [1.29, 1.82) is 0 Å². The Kier molecular flexibility index (Phi) is 5.85. The molecule has 7 heteroatoms. The summed E-state index contributed by atoms with van der Waals surface area (Å²) in [4.78, 5) is 23.5. The third kappa shape index (κ3) is 4.78. The maximum atomic E-state index is 13.0. The van der Waals surface area contributed by atoms with E-state index in [9.17, 15) is 19.1 Å². The van der Waals surface area contributed by atoms with Gasteiger partial charge in [0.25, 0.3) is 5.91 Å².